The molecule has 0 spiro atoms. The van der Waals surface area contributed by atoms with Gasteiger partial charge in [0.1, 0.15) is 0 Å². The largest absolute Gasteiger partial charge is 0.387 e. The van der Waals surface area contributed by atoms with Gasteiger partial charge in [0, 0.05) is 25.4 Å². The first-order valence-corrected chi connectivity index (χ1v) is 12.0. The first kappa shape index (κ1) is 14.9. The van der Waals surface area contributed by atoms with E-state index < -0.39 is 36.5 Å². The predicted octanol–water partition coefficient (Wildman–Crippen LogP) is 5.09. The van der Waals surface area contributed by atoms with Gasteiger partial charge in [-0.05, 0) is 104 Å². The fourth-order valence-electron chi connectivity index (χ4n) is 8.43. The Morgan fingerprint density at radius 1 is 1.13 bits per heavy atom. The zero-order valence-electron chi connectivity index (χ0n) is 26.0. The molecule has 1 aromatic heterocycles. The van der Waals surface area contributed by atoms with Crippen LogP contribution in [0.1, 0.15) is 81.2 Å². The van der Waals surface area contributed by atoms with Crippen molar-refractivity contribution in [3.8, 4) is 0 Å². The lowest BCUT2D eigenvalue weighted by atomic mass is 9.44. The smallest absolute Gasteiger partial charge is 0.156 e. The molecule has 172 valence electrons. The summed E-state index contributed by atoms with van der Waals surface area (Å²) in [5, 5.41) is 11.2. The molecule has 0 bridgehead atoms. The van der Waals surface area contributed by atoms with Crippen LogP contribution in [0.2, 0.25) is 0 Å². The van der Waals surface area contributed by atoms with Crippen molar-refractivity contribution >= 4 is 5.78 Å². The van der Waals surface area contributed by atoms with Gasteiger partial charge in [0.25, 0.3) is 0 Å². The molecular formula is C27H41NO3. The van der Waals surface area contributed by atoms with E-state index in [1.807, 2.05) is 0 Å². The van der Waals surface area contributed by atoms with Gasteiger partial charge in [-0.15, -0.1) is 0 Å². The maximum absolute atomic E-state index is 13.8. The number of hydrogen-bond acceptors (Lipinski definition) is 3. The number of rotatable bonds is 5. The molecule has 0 amide bonds. The number of ketones is 1. The summed E-state index contributed by atoms with van der Waals surface area (Å²) in [7, 11) is 1.31. The van der Waals surface area contributed by atoms with Crippen LogP contribution in [0.3, 0.4) is 0 Å². The fraction of sp³-hybridized carbons (Fsp3) is 0.815. The highest BCUT2D eigenvalue weighted by atomic mass is 16.5. The predicted molar refractivity (Wildman–Crippen MR) is 121 cm³/mol. The molecular weight excluding hydrogens is 386 g/mol. The maximum atomic E-state index is 13.8. The van der Waals surface area contributed by atoms with Gasteiger partial charge in [0.05, 0.1) is 28.3 Å². The van der Waals surface area contributed by atoms with Crippen molar-refractivity contribution in [3.63, 3.8) is 0 Å². The Kier molecular flexibility index (Phi) is 3.72. The Morgan fingerprint density at radius 2 is 1.94 bits per heavy atom. The minimum absolute atomic E-state index is 0.0209. The lowest BCUT2D eigenvalue weighted by Crippen LogP contribution is -2.56. The van der Waals surface area contributed by atoms with E-state index in [2.05, 4.69) is 13.8 Å². The molecule has 4 heteroatoms. The number of ether oxygens (including phenoxy) is 1. The molecule has 0 saturated heterocycles. The van der Waals surface area contributed by atoms with Gasteiger partial charge in [-0.25, -0.2) is 0 Å². The summed E-state index contributed by atoms with van der Waals surface area (Å²) in [6, 6.07) is 0.853. The van der Waals surface area contributed by atoms with Crippen LogP contribution in [0.15, 0.2) is 24.5 Å². The van der Waals surface area contributed by atoms with Crippen molar-refractivity contribution in [2.45, 2.75) is 83.7 Å². The number of nitrogens with zero attached hydrogens (tertiary/aromatic N) is 1. The molecule has 0 aliphatic heterocycles. The number of methoxy groups -OCH3 is 1. The number of fused-ring (bicyclic) bond motifs is 5. The number of carbonyl (C=O) groups excluding carboxylic acids is 1. The molecule has 4 nitrogen and oxygen atoms in total. The second kappa shape index (κ2) is 7.73. The number of aromatic nitrogens is 1. The molecule has 8 atom stereocenters. The first-order chi connectivity index (χ1) is 17.5. The molecule has 1 N–H and O–H groups in total. The zero-order valence-corrected chi connectivity index (χ0v) is 19.0. The van der Waals surface area contributed by atoms with Gasteiger partial charge in [-0.3, -0.25) is 4.79 Å². The normalized spacial score (nSPS) is 51.0. The van der Waals surface area contributed by atoms with E-state index in [-0.39, 0.29) is 34.9 Å². The van der Waals surface area contributed by atoms with E-state index in [0.29, 0.717) is 31.1 Å². The van der Waals surface area contributed by atoms with Crippen LogP contribution in [0, 0.1) is 40.4 Å². The van der Waals surface area contributed by atoms with Crippen molar-refractivity contribution < 1.29 is 24.2 Å². The summed E-state index contributed by atoms with van der Waals surface area (Å²) >= 11 is 0. The average molecular weight is 435 g/mol. The molecule has 0 unspecified atom stereocenters. The van der Waals surface area contributed by atoms with Crippen LogP contribution >= 0.6 is 0 Å². The summed E-state index contributed by atoms with van der Waals surface area (Å²) in [4.78, 5) is 13.8. The van der Waals surface area contributed by atoms with Crippen molar-refractivity contribution in [3.05, 3.63) is 24.5 Å². The third kappa shape index (κ3) is 3.44. The van der Waals surface area contributed by atoms with Crippen molar-refractivity contribution in [2.75, 3.05) is 13.7 Å². The van der Waals surface area contributed by atoms with Gasteiger partial charge >= 0.3 is 0 Å². The molecule has 4 saturated carbocycles. The number of hydrogen-bond donors (Lipinski definition) is 1. The molecule has 0 aromatic carbocycles. The summed E-state index contributed by atoms with van der Waals surface area (Å²) in [5.41, 5.74) is -1.88. The summed E-state index contributed by atoms with van der Waals surface area (Å²) in [6.07, 6.45) is 5.70. The number of carbonyl (C=O) groups is 1. The lowest BCUT2D eigenvalue weighted by molar-refractivity contribution is -0.164. The van der Waals surface area contributed by atoms with Gasteiger partial charge in [-0.2, -0.15) is 0 Å². The van der Waals surface area contributed by atoms with Crippen LogP contribution in [0.25, 0.3) is 0 Å². The number of aliphatic hydroxyl groups is 1. The second-order valence-electron chi connectivity index (χ2n) is 11.2. The summed E-state index contributed by atoms with van der Waals surface area (Å²) in [5.74, 6) is 0.200. The fourth-order valence-corrected chi connectivity index (χ4v) is 8.43. The second-order valence-corrected chi connectivity index (χ2v) is 11.2. The van der Waals surface area contributed by atoms with E-state index in [4.69, 9.17) is 14.3 Å². The van der Waals surface area contributed by atoms with Crippen LogP contribution in [-0.4, -0.2) is 34.7 Å². The van der Waals surface area contributed by atoms with E-state index in [0.717, 1.165) is 49.2 Å². The third-order valence-electron chi connectivity index (χ3n) is 10.00. The Hall–Kier alpha value is -1.13. The van der Waals surface area contributed by atoms with Crippen LogP contribution in [0.4, 0.5) is 0 Å². The van der Waals surface area contributed by atoms with Gasteiger partial charge < -0.3 is 14.4 Å². The van der Waals surface area contributed by atoms with E-state index in [1.54, 1.807) is 0 Å². The summed E-state index contributed by atoms with van der Waals surface area (Å²) < 4.78 is 63.6. The molecule has 31 heavy (non-hydrogen) atoms. The SMILES string of the molecule is [2H]c1cc([2H])n(C([2H])([2H])C(=O)[C@H]2CC[C@H]3[C@@H]4CC[C@H]5C[C@@](O)(C([2H])([2H])OC)CC[C@]5(C)[C@H]4CC[C@]23C)c1[2H]. The Labute approximate surface area is 197 Å². The lowest BCUT2D eigenvalue weighted by Gasteiger charge is -2.62. The standard InChI is InChI=1S/C27H41NO3/c1-25-12-13-27(30,18-31-3)16-19(25)6-7-20-21-8-9-23(26(21,2)11-10-22(20)25)24(29)17-28-14-4-5-15-28/h4-5,14-15,19-23,30H,6-13,16-18H2,1-3H3/t19-,20-,21-,22-,23+,25-,26-,27+/m0/s1/i4D,14D,15D,17D2,18D2. The highest BCUT2D eigenvalue weighted by Gasteiger charge is 2.62. The minimum atomic E-state index is -2.55. The van der Waals surface area contributed by atoms with Crippen LogP contribution < -0.4 is 0 Å². The Balaban J connectivity index is 1.38. The highest BCUT2D eigenvalue weighted by Crippen LogP contribution is 2.68. The topological polar surface area (TPSA) is 51.5 Å². The Morgan fingerprint density at radius 3 is 2.68 bits per heavy atom. The quantitative estimate of drug-likeness (QED) is 0.702. The van der Waals surface area contributed by atoms with Crippen LogP contribution in [0.5, 0.6) is 0 Å². The number of Topliss-reactive ketones (excluding diaryl/α,β-unsaturated/α-hetero) is 1. The van der Waals surface area contributed by atoms with Crippen LogP contribution in [-0.2, 0) is 16.0 Å². The molecule has 4 aliphatic rings. The van der Waals surface area contributed by atoms with Crippen molar-refractivity contribution in [1.82, 2.24) is 4.57 Å². The maximum Gasteiger partial charge on any atom is 0.156 e. The molecule has 0 radical (unpaired) electrons. The van der Waals surface area contributed by atoms with E-state index in [9.17, 15) is 9.90 Å². The van der Waals surface area contributed by atoms with Gasteiger partial charge in [0.15, 0.2) is 5.78 Å². The Bertz CT molecular complexity index is 1120. The highest BCUT2D eigenvalue weighted by molar-refractivity contribution is 5.82. The van der Waals surface area contributed by atoms with Gasteiger partial charge in [0.2, 0.25) is 0 Å². The van der Waals surface area contributed by atoms with Crippen molar-refractivity contribution in [2.24, 2.45) is 40.4 Å². The van der Waals surface area contributed by atoms with E-state index >= 15 is 0 Å². The molecule has 5 rings (SSSR count). The van der Waals surface area contributed by atoms with Crippen molar-refractivity contribution in [1.29, 1.82) is 0 Å². The van der Waals surface area contributed by atoms with E-state index in [1.165, 1.54) is 7.11 Å². The third-order valence-corrected chi connectivity index (χ3v) is 10.00. The minimum Gasteiger partial charge on any atom is -0.387 e. The molecule has 1 heterocycles. The summed E-state index contributed by atoms with van der Waals surface area (Å²) in [6.45, 7) is -0.196. The zero-order chi connectivity index (χ0) is 28.1. The first-order valence-electron chi connectivity index (χ1n) is 15.5. The monoisotopic (exact) mass is 434 g/mol. The molecule has 4 fully saturated rings. The molecule has 1 aromatic rings. The van der Waals surface area contributed by atoms with Gasteiger partial charge in [-0.1, -0.05) is 13.8 Å². The average Bonchev–Trinajstić information content (AvgIpc) is 3.33. The molecule has 4 aliphatic carbocycles.